The van der Waals surface area contributed by atoms with Crippen LogP contribution < -0.4 is 9.47 Å². The van der Waals surface area contributed by atoms with Crippen molar-refractivity contribution in [3.63, 3.8) is 0 Å². The van der Waals surface area contributed by atoms with Crippen LogP contribution >= 0.6 is 11.6 Å². The molecule has 5 heteroatoms. The minimum absolute atomic E-state index is 0.0544. The average molecular weight is 243 g/mol. The first-order chi connectivity index (χ1) is 7.59. The van der Waals surface area contributed by atoms with Crippen molar-refractivity contribution in [3.05, 3.63) is 22.2 Å². The van der Waals surface area contributed by atoms with Crippen LogP contribution in [0.15, 0.2) is 6.07 Å². The Balaban J connectivity index is 2.32. The highest BCUT2D eigenvalue weighted by atomic mass is 35.5. The zero-order valence-electron chi connectivity index (χ0n) is 8.75. The fourth-order valence-corrected chi connectivity index (χ4v) is 1.91. The zero-order valence-corrected chi connectivity index (χ0v) is 9.50. The highest BCUT2D eigenvalue weighted by Gasteiger charge is 2.21. The molecule has 0 saturated heterocycles. The molecule has 0 aliphatic carbocycles. The lowest BCUT2D eigenvalue weighted by atomic mass is 10.1. The summed E-state index contributed by atoms with van der Waals surface area (Å²) in [5.74, 6) is 0.456. The Morgan fingerprint density at radius 1 is 1.56 bits per heavy atom. The first-order valence-corrected chi connectivity index (χ1v) is 5.26. The average Bonchev–Trinajstić information content (AvgIpc) is 2.69. The molecule has 0 amide bonds. The predicted octanol–water partition coefficient (Wildman–Crippen LogP) is 2.39. The predicted molar refractivity (Wildman–Crippen MR) is 58.3 cm³/mol. The maximum absolute atomic E-state index is 10.5. The second-order valence-corrected chi connectivity index (χ2v) is 3.98. The van der Waals surface area contributed by atoms with Crippen LogP contribution in [0.4, 0.5) is 0 Å². The molecule has 16 heavy (non-hydrogen) atoms. The van der Waals surface area contributed by atoms with Gasteiger partial charge in [-0.3, -0.25) is 4.79 Å². The second-order valence-electron chi connectivity index (χ2n) is 3.60. The number of hydrogen-bond donors (Lipinski definition) is 1. The molecule has 0 aromatic heterocycles. The third kappa shape index (κ3) is 1.93. The highest BCUT2D eigenvalue weighted by Crippen LogP contribution is 2.41. The van der Waals surface area contributed by atoms with Gasteiger partial charge >= 0.3 is 5.97 Å². The minimum atomic E-state index is -0.841. The van der Waals surface area contributed by atoms with Gasteiger partial charge in [0.1, 0.15) is 0 Å². The number of hydrogen-bond acceptors (Lipinski definition) is 3. The summed E-state index contributed by atoms with van der Waals surface area (Å²) in [4.78, 5) is 10.5. The number of rotatable bonds is 3. The lowest BCUT2D eigenvalue weighted by Gasteiger charge is -2.08. The Hall–Kier alpha value is -1.42. The summed E-state index contributed by atoms with van der Waals surface area (Å²) < 4.78 is 10.5. The number of benzene rings is 1. The lowest BCUT2D eigenvalue weighted by molar-refractivity contribution is -0.136. The van der Waals surface area contributed by atoms with E-state index in [9.17, 15) is 4.79 Å². The van der Waals surface area contributed by atoms with Crippen molar-refractivity contribution >= 4 is 17.6 Å². The highest BCUT2D eigenvalue weighted by molar-refractivity contribution is 6.32. The van der Waals surface area contributed by atoms with Crippen molar-refractivity contribution in [1.29, 1.82) is 0 Å². The molecule has 86 valence electrons. The molecule has 2 rings (SSSR count). The maximum Gasteiger partial charge on any atom is 0.303 e. The molecule has 0 unspecified atom stereocenters. The molecule has 0 bridgehead atoms. The van der Waals surface area contributed by atoms with Crippen molar-refractivity contribution in [2.45, 2.75) is 19.8 Å². The fourth-order valence-electron chi connectivity index (χ4n) is 1.67. The first kappa shape index (κ1) is 11.1. The zero-order chi connectivity index (χ0) is 11.7. The smallest absolute Gasteiger partial charge is 0.303 e. The quantitative estimate of drug-likeness (QED) is 0.884. The number of carboxylic acid groups (broad SMARTS) is 1. The second kappa shape index (κ2) is 4.22. The van der Waals surface area contributed by atoms with Gasteiger partial charge in [-0.15, -0.1) is 0 Å². The van der Waals surface area contributed by atoms with Gasteiger partial charge in [-0.05, 0) is 25.0 Å². The molecule has 1 aromatic carbocycles. The molecule has 1 N–H and O–H groups in total. The minimum Gasteiger partial charge on any atom is -0.481 e. The van der Waals surface area contributed by atoms with Crippen LogP contribution in [0.3, 0.4) is 0 Å². The number of ether oxygens (including phenoxy) is 2. The van der Waals surface area contributed by atoms with E-state index in [0.29, 0.717) is 22.9 Å². The lowest BCUT2D eigenvalue weighted by Crippen LogP contribution is -1.99. The number of carbonyl (C=O) groups is 1. The Kier molecular flexibility index (Phi) is 2.92. The van der Waals surface area contributed by atoms with Crippen LogP contribution in [-0.2, 0) is 11.2 Å². The van der Waals surface area contributed by atoms with E-state index < -0.39 is 5.97 Å². The van der Waals surface area contributed by atoms with Gasteiger partial charge in [-0.1, -0.05) is 11.6 Å². The molecule has 4 nitrogen and oxygen atoms in total. The van der Waals surface area contributed by atoms with E-state index in [-0.39, 0.29) is 13.2 Å². The molecule has 1 aromatic rings. The Morgan fingerprint density at radius 2 is 2.31 bits per heavy atom. The van der Waals surface area contributed by atoms with Crippen molar-refractivity contribution in [1.82, 2.24) is 0 Å². The van der Waals surface area contributed by atoms with Crippen LogP contribution in [-0.4, -0.2) is 17.9 Å². The molecule has 0 atom stereocenters. The molecule has 0 fully saturated rings. The molecular formula is C11H11ClO4. The van der Waals surface area contributed by atoms with E-state index in [1.54, 1.807) is 6.07 Å². The van der Waals surface area contributed by atoms with Gasteiger partial charge in [-0.25, -0.2) is 0 Å². The third-order valence-electron chi connectivity index (χ3n) is 2.51. The number of carboxylic acids is 1. The van der Waals surface area contributed by atoms with E-state index in [4.69, 9.17) is 26.2 Å². The summed E-state index contributed by atoms with van der Waals surface area (Å²) in [7, 11) is 0. The topological polar surface area (TPSA) is 55.8 Å². The first-order valence-electron chi connectivity index (χ1n) is 4.89. The van der Waals surface area contributed by atoms with E-state index in [1.165, 1.54) is 0 Å². The summed E-state index contributed by atoms with van der Waals surface area (Å²) >= 11 is 6.13. The van der Waals surface area contributed by atoms with Gasteiger partial charge in [-0.2, -0.15) is 0 Å². The van der Waals surface area contributed by atoms with Crippen LogP contribution in [0.25, 0.3) is 0 Å². The molecule has 0 saturated carbocycles. The standard InChI is InChI=1S/C11H11ClO4/c1-6-10(12)7(2-3-9(13)14)4-8-11(6)16-5-15-8/h4H,2-3,5H2,1H3,(H,13,14). The summed E-state index contributed by atoms with van der Waals surface area (Å²) in [6.07, 6.45) is 0.449. The fraction of sp³-hybridized carbons (Fsp3) is 0.364. The van der Waals surface area contributed by atoms with Gasteiger partial charge in [0.15, 0.2) is 11.5 Å². The molecule has 1 aliphatic rings. The van der Waals surface area contributed by atoms with Crippen molar-refractivity contribution in [3.8, 4) is 11.5 Å². The van der Waals surface area contributed by atoms with Crippen LogP contribution in [0, 0.1) is 6.92 Å². The van der Waals surface area contributed by atoms with Gasteiger partial charge in [0.05, 0.1) is 5.02 Å². The van der Waals surface area contributed by atoms with Gasteiger partial charge in [0, 0.05) is 12.0 Å². The normalized spacial score (nSPS) is 12.9. The van der Waals surface area contributed by atoms with E-state index in [2.05, 4.69) is 0 Å². The SMILES string of the molecule is Cc1c(Cl)c(CCC(=O)O)cc2c1OCO2. The third-order valence-corrected chi connectivity index (χ3v) is 3.03. The largest absolute Gasteiger partial charge is 0.481 e. The monoisotopic (exact) mass is 242 g/mol. The van der Waals surface area contributed by atoms with Crippen LogP contribution in [0.1, 0.15) is 17.5 Å². The summed E-state index contributed by atoms with van der Waals surface area (Å²) in [5, 5.41) is 9.19. The Labute approximate surface area is 97.7 Å². The van der Waals surface area contributed by atoms with Gasteiger partial charge in [0.25, 0.3) is 0 Å². The summed E-state index contributed by atoms with van der Waals surface area (Å²) in [6, 6.07) is 1.75. The maximum atomic E-state index is 10.5. The Morgan fingerprint density at radius 3 is 3.00 bits per heavy atom. The van der Waals surface area contributed by atoms with Crippen molar-refractivity contribution in [2.24, 2.45) is 0 Å². The molecule has 1 heterocycles. The van der Waals surface area contributed by atoms with E-state index in [1.807, 2.05) is 6.92 Å². The van der Waals surface area contributed by atoms with Gasteiger partial charge in [0.2, 0.25) is 6.79 Å². The summed E-state index contributed by atoms with van der Waals surface area (Å²) in [6.45, 7) is 2.02. The van der Waals surface area contributed by atoms with E-state index >= 15 is 0 Å². The molecule has 0 radical (unpaired) electrons. The Bertz CT molecular complexity index is 442. The van der Waals surface area contributed by atoms with Crippen molar-refractivity contribution < 1.29 is 19.4 Å². The number of aliphatic carboxylic acids is 1. The molecule has 1 aliphatic heterocycles. The molecule has 0 spiro atoms. The van der Waals surface area contributed by atoms with Crippen LogP contribution in [0.2, 0.25) is 5.02 Å². The molecular weight excluding hydrogens is 232 g/mol. The number of aryl methyl sites for hydroxylation is 1. The van der Waals surface area contributed by atoms with Crippen molar-refractivity contribution in [2.75, 3.05) is 6.79 Å². The van der Waals surface area contributed by atoms with Gasteiger partial charge < -0.3 is 14.6 Å². The van der Waals surface area contributed by atoms with Crippen LogP contribution in [0.5, 0.6) is 11.5 Å². The van der Waals surface area contributed by atoms with E-state index in [0.717, 1.165) is 11.1 Å². The number of halogens is 1. The summed E-state index contributed by atoms with van der Waals surface area (Å²) in [5.41, 5.74) is 1.59. The number of fused-ring (bicyclic) bond motifs is 1.